The highest BCUT2D eigenvalue weighted by Gasteiger charge is 2.09. The molecule has 0 atom stereocenters. The van der Waals surface area contributed by atoms with E-state index in [0.717, 1.165) is 22.6 Å². The van der Waals surface area contributed by atoms with Crippen molar-refractivity contribution in [3.8, 4) is 0 Å². The van der Waals surface area contributed by atoms with E-state index in [4.69, 9.17) is 11.6 Å². The number of rotatable bonds is 4. The molecule has 1 aromatic heterocycles. The minimum absolute atomic E-state index is 0.0117. The quantitative estimate of drug-likeness (QED) is 0.901. The van der Waals surface area contributed by atoms with Crippen LogP contribution in [0.1, 0.15) is 23.4 Å². The fourth-order valence-electron chi connectivity index (χ4n) is 1.94. The van der Waals surface area contributed by atoms with Crippen LogP contribution in [-0.2, 0) is 11.2 Å². The van der Waals surface area contributed by atoms with Gasteiger partial charge in [-0.05, 0) is 50.1 Å². The molecular weight excluding hydrogens is 262 g/mol. The Morgan fingerprint density at radius 2 is 2.00 bits per heavy atom. The predicted octanol–water partition coefficient (Wildman–Crippen LogP) is 3.25. The Labute approximate surface area is 117 Å². The molecule has 2 N–H and O–H groups in total. The van der Waals surface area contributed by atoms with Crippen molar-refractivity contribution >= 4 is 23.2 Å². The first-order valence-corrected chi connectivity index (χ1v) is 6.50. The van der Waals surface area contributed by atoms with Crippen molar-refractivity contribution in [3.05, 3.63) is 46.2 Å². The molecule has 1 amide bonds. The molecule has 100 valence electrons. The number of anilines is 1. The van der Waals surface area contributed by atoms with E-state index >= 15 is 0 Å². The number of nitrogens with zero attached hydrogens (tertiary/aromatic N) is 1. The molecule has 0 aliphatic carbocycles. The lowest BCUT2D eigenvalue weighted by Gasteiger charge is -2.05. The van der Waals surface area contributed by atoms with E-state index in [1.54, 1.807) is 24.3 Å². The summed E-state index contributed by atoms with van der Waals surface area (Å²) >= 11 is 5.79. The average Bonchev–Trinajstić information content (AvgIpc) is 2.70. The van der Waals surface area contributed by atoms with E-state index in [1.165, 1.54) is 0 Å². The molecule has 0 fully saturated rings. The van der Waals surface area contributed by atoms with Gasteiger partial charge in [0.25, 0.3) is 0 Å². The van der Waals surface area contributed by atoms with Gasteiger partial charge in [-0.3, -0.25) is 9.89 Å². The highest BCUT2D eigenvalue weighted by atomic mass is 35.5. The van der Waals surface area contributed by atoms with Gasteiger partial charge in [-0.15, -0.1) is 0 Å². The minimum Gasteiger partial charge on any atom is -0.326 e. The van der Waals surface area contributed by atoms with Crippen LogP contribution in [0.15, 0.2) is 24.3 Å². The molecule has 5 heteroatoms. The van der Waals surface area contributed by atoms with Crippen LogP contribution in [0.4, 0.5) is 5.69 Å². The van der Waals surface area contributed by atoms with Crippen molar-refractivity contribution < 1.29 is 4.79 Å². The largest absolute Gasteiger partial charge is 0.326 e. The standard InChI is InChI=1S/C14H16ClN3O/c1-9-13(10(2)18-17-9)7-8-14(19)16-12-5-3-11(15)4-6-12/h3-6H,7-8H2,1-2H3,(H,16,19)(H,17,18). The molecular formula is C14H16ClN3O. The first-order chi connectivity index (χ1) is 9.06. The molecule has 2 rings (SSSR count). The highest BCUT2D eigenvalue weighted by molar-refractivity contribution is 6.30. The van der Waals surface area contributed by atoms with Crippen molar-refractivity contribution in [2.45, 2.75) is 26.7 Å². The van der Waals surface area contributed by atoms with E-state index in [2.05, 4.69) is 15.5 Å². The molecule has 1 heterocycles. The van der Waals surface area contributed by atoms with E-state index < -0.39 is 0 Å². The third-order valence-electron chi connectivity index (χ3n) is 3.01. The summed E-state index contributed by atoms with van der Waals surface area (Å²) in [6.45, 7) is 3.91. The number of hydrogen-bond donors (Lipinski definition) is 2. The maximum atomic E-state index is 11.8. The van der Waals surface area contributed by atoms with Crippen LogP contribution in [-0.4, -0.2) is 16.1 Å². The summed E-state index contributed by atoms with van der Waals surface area (Å²) < 4.78 is 0. The predicted molar refractivity (Wildman–Crippen MR) is 76.5 cm³/mol. The Hall–Kier alpha value is -1.81. The summed E-state index contributed by atoms with van der Waals surface area (Å²) in [5.41, 5.74) is 3.86. The second-order valence-electron chi connectivity index (χ2n) is 4.47. The van der Waals surface area contributed by atoms with Crippen LogP contribution < -0.4 is 5.32 Å². The van der Waals surface area contributed by atoms with Crippen LogP contribution in [0, 0.1) is 13.8 Å². The number of halogens is 1. The van der Waals surface area contributed by atoms with Crippen molar-refractivity contribution in [2.75, 3.05) is 5.32 Å². The number of aromatic nitrogens is 2. The number of H-pyrrole nitrogens is 1. The van der Waals surface area contributed by atoms with Gasteiger partial charge >= 0.3 is 0 Å². The zero-order valence-electron chi connectivity index (χ0n) is 11.0. The van der Waals surface area contributed by atoms with E-state index in [0.29, 0.717) is 17.9 Å². The van der Waals surface area contributed by atoms with Gasteiger partial charge in [0, 0.05) is 22.8 Å². The summed E-state index contributed by atoms with van der Waals surface area (Å²) in [7, 11) is 0. The summed E-state index contributed by atoms with van der Waals surface area (Å²) in [6.07, 6.45) is 1.12. The number of carbonyl (C=O) groups is 1. The van der Waals surface area contributed by atoms with Crippen molar-refractivity contribution in [1.82, 2.24) is 10.2 Å². The maximum absolute atomic E-state index is 11.8. The van der Waals surface area contributed by atoms with E-state index in [-0.39, 0.29) is 5.91 Å². The molecule has 4 nitrogen and oxygen atoms in total. The minimum atomic E-state index is -0.0117. The zero-order chi connectivity index (χ0) is 13.8. The fourth-order valence-corrected chi connectivity index (χ4v) is 2.06. The molecule has 1 aromatic carbocycles. The van der Waals surface area contributed by atoms with Gasteiger partial charge in [0.05, 0.1) is 5.69 Å². The normalized spacial score (nSPS) is 10.5. The van der Waals surface area contributed by atoms with Crippen LogP contribution in [0.3, 0.4) is 0 Å². The lowest BCUT2D eigenvalue weighted by molar-refractivity contribution is -0.116. The molecule has 2 aromatic rings. The molecule has 0 spiro atoms. The van der Waals surface area contributed by atoms with Crippen LogP contribution >= 0.6 is 11.6 Å². The van der Waals surface area contributed by atoms with Gasteiger partial charge < -0.3 is 5.32 Å². The Morgan fingerprint density at radius 3 is 2.58 bits per heavy atom. The number of benzene rings is 1. The third kappa shape index (κ3) is 3.58. The molecule has 0 saturated heterocycles. The highest BCUT2D eigenvalue weighted by Crippen LogP contribution is 2.15. The second kappa shape index (κ2) is 5.89. The smallest absolute Gasteiger partial charge is 0.224 e. The first kappa shape index (κ1) is 13.6. The maximum Gasteiger partial charge on any atom is 0.224 e. The summed E-state index contributed by atoms with van der Waals surface area (Å²) in [6, 6.07) is 7.08. The van der Waals surface area contributed by atoms with Gasteiger partial charge in [-0.1, -0.05) is 11.6 Å². The molecule has 0 bridgehead atoms. The molecule has 0 aliphatic rings. The second-order valence-corrected chi connectivity index (χ2v) is 4.90. The lowest BCUT2D eigenvalue weighted by Crippen LogP contribution is -2.12. The summed E-state index contributed by atoms with van der Waals surface area (Å²) in [4.78, 5) is 11.8. The number of nitrogens with one attached hydrogen (secondary N) is 2. The van der Waals surface area contributed by atoms with Gasteiger partial charge in [0.2, 0.25) is 5.91 Å². The van der Waals surface area contributed by atoms with Gasteiger partial charge in [0.1, 0.15) is 0 Å². The third-order valence-corrected chi connectivity index (χ3v) is 3.26. The summed E-state index contributed by atoms with van der Waals surface area (Å²) in [5.74, 6) is -0.0117. The Balaban J connectivity index is 1.90. The molecule has 0 aliphatic heterocycles. The average molecular weight is 278 g/mol. The molecule has 0 unspecified atom stereocenters. The van der Waals surface area contributed by atoms with Crippen LogP contribution in [0.2, 0.25) is 5.02 Å². The van der Waals surface area contributed by atoms with Gasteiger partial charge in [-0.25, -0.2) is 0 Å². The number of aryl methyl sites for hydroxylation is 2. The van der Waals surface area contributed by atoms with Crippen molar-refractivity contribution in [2.24, 2.45) is 0 Å². The lowest BCUT2D eigenvalue weighted by atomic mass is 10.1. The number of amides is 1. The Kier molecular flexibility index (Phi) is 4.22. The zero-order valence-corrected chi connectivity index (χ0v) is 11.7. The topological polar surface area (TPSA) is 57.8 Å². The fraction of sp³-hybridized carbons (Fsp3) is 0.286. The van der Waals surface area contributed by atoms with Gasteiger partial charge in [-0.2, -0.15) is 5.10 Å². The summed E-state index contributed by atoms with van der Waals surface area (Å²) in [5, 5.41) is 10.5. The number of aromatic amines is 1. The SMILES string of the molecule is Cc1n[nH]c(C)c1CCC(=O)Nc1ccc(Cl)cc1. The van der Waals surface area contributed by atoms with Crippen molar-refractivity contribution in [1.29, 1.82) is 0 Å². The molecule has 19 heavy (non-hydrogen) atoms. The Bertz CT molecular complexity index is 555. The molecule has 0 saturated carbocycles. The molecule has 0 radical (unpaired) electrons. The van der Waals surface area contributed by atoms with E-state index in [1.807, 2.05) is 13.8 Å². The first-order valence-electron chi connectivity index (χ1n) is 6.12. The van der Waals surface area contributed by atoms with Crippen molar-refractivity contribution in [3.63, 3.8) is 0 Å². The van der Waals surface area contributed by atoms with Crippen LogP contribution in [0.5, 0.6) is 0 Å². The number of carbonyl (C=O) groups excluding carboxylic acids is 1. The van der Waals surface area contributed by atoms with E-state index in [9.17, 15) is 4.79 Å². The number of hydrogen-bond acceptors (Lipinski definition) is 2. The monoisotopic (exact) mass is 277 g/mol. The van der Waals surface area contributed by atoms with Gasteiger partial charge in [0.15, 0.2) is 0 Å². The van der Waals surface area contributed by atoms with Crippen LogP contribution in [0.25, 0.3) is 0 Å². The Morgan fingerprint density at radius 1 is 1.32 bits per heavy atom.